The molecule has 1 saturated heterocycles. The number of amides is 1. The van der Waals surface area contributed by atoms with Crippen LogP contribution in [-0.4, -0.2) is 62.8 Å². The van der Waals surface area contributed by atoms with Gasteiger partial charge in [-0.3, -0.25) is 14.5 Å². The van der Waals surface area contributed by atoms with Crippen molar-refractivity contribution >= 4 is 39.2 Å². The first-order valence-corrected chi connectivity index (χ1v) is 12.6. The maximum Gasteiger partial charge on any atom is 0.259 e. The fourth-order valence-corrected chi connectivity index (χ4v) is 6.38. The second kappa shape index (κ2) is 8.76. The van der Waals surface area contributed by atoms with E-state index in [1.165, 1.54) is 22.2 Å². The summed E-state index contributed by atoms with van der Waals surface area (Å²) >= 11 is 3.15. The second-order valence-corrected chi connectivity index (χ2v) is 10.2. The molecule has 1 amide bonds. The molecule has 0 unspecified atom stereocenters. The quantitative estimate of drug-likeness (QED) is 0.604. The summed E-state index contributed by atoms with van der Waals surface area (Å²) in [6, 6.07) is 1.95. The number of hydrogen-bond acceptors (Lipinski definition) is 8. The number of aromatic nitrogens is 3. The molecule has 31 heavy (non-hydrogen) atoms. The van der Waals surface area contributed by atoms with Crippen LogP contribution in [0.5, 0.6) is 0 Å². The Bertz CT molecular complexity index is 1160. The van der Waals surface area contributed by atoms with Gasteiger partial charge >= 0.3 is 0 Å². The molecule has 0 aromatic carbocycles. The third-order valence-corrected chi connectivity index (χ3v) is 7.98. The van der Waals surface area contributed by atoms with Gasteiger partial charge in [0.1, 0.15) is 10.7 Å². The summed E-state index contributed by atoms with van der Waals surface area (Å²) in [6.07, 6.45) is 3.16. The number of thioether (sulfide) groups is 1. The summed E-state index contributed by atoms with van der Waals surface area (Å²) in [4.78, 5) is 39.1. The van der Waals surface area contributed by atoms with Gasteiger partial charge in [-0.15, -0.1) is 23.1 Å². The van der Waals surface area contributed by atoms with Crippen LogP contribution in [0.2, 0.25) is 0 Å². The molecule has 8 nitrogen and oxygen atoms in total. The highest BCUT2D eigenvalue weighted by molar-refractivity contribution is 7.99. The van der Waals surface area contributed by atoms with Gasteiger partial charge in [-0.05, 0) is 31.7 Å². The van der Waals surface area contributed by atoms with Crippen molar-refractivity contribution in [2.24, 2.45) is 0 Å². The summed E-state index contributed by atoms with van der Waals surface area (Å²) in [7, 11) is 0. The highest BCUT2D eigenvalue weighted by Gasteiger charge is 2.23. The van der Waals surface area contributed by atoms with E-state index in [1.54, 1.807) is 11.3 Å². The van der Waals surface area contributed by atoms with Crippen molar-refractivity contribution in [2.75, 3.05) is 31.9 Å². The van der Waals surface area contributed by atoms with Crippen molar-refractivity contribution in [3.8, 4) is 0 Å². The van der Waals surface area contributed by atoms with Gasteiger partial charge in [0.05, 0.1) is 29.1 Å². The van der Waals surface area contributed by atoms with E-state index in [-0.39, 0.29) is 11.5 Å². The van der Waals surface area contributed by atoms with Crippen LogP contribution in [0, 0.1) is 6.92 Å². The Morgan fingerprint density at radius 1 is 1.29 bits per heavy atom. The minimum atomic E-state index is -0.0376. The topological polar surface area (TPSA) is 95.3 Å². The zero-order chi connectivity index (χ0) is 21.4. The number of H-pyrrole nitrogens is 1. The average molecular weight is 460 g/mol. The summed E-state index contributed by atoms with van der Waals surface area (Å²) < 4.78 is 5.28. The monoisotopic (exact) mass is 459 g/mol. The number of thiophene rings is 1. The fourth-order valence-electron chi connectivity index (χ4n) is 4.31. The normalized spacial score (nSPS) is 16.9. The number of nitrogens with one attached hydrogen (secondary N) is 1. The SMILES string of the molecule is Cc1cc(CN2CCN(C(=O)CSCc3nc4sc5c(c4c(=O)[nH]3)CCC5)CC2)on1. The number of fused-ring (bicyclic) bond motifs is 3. The Balaban J connectivity index is 1.11. The molecule has 4 heterocycles. The Morgan fingerprint density at radius 3 is 2.90 bits per heavy atom. The molecular weight excluding hydrogens is 434 g/mol. The van der Waals surface area contributed by atoms with Crippen molar-refractivity contribution in [2.45, 2.75) is 38.5 Å². The van der Waals surface area contributed by atoms with E-state index in [0.717, 1.165) is 60.6 Å². The molecule has 0 bridgehead atoms. The summed E-state index contributed by atoms with van der Waals surface area (Å²) in [5.41, 5.74) is 2.05. The van der Waals surface area contributed by atoms with Gasteiger partial charge in [0.25, 0.3) is 5.56 Å². The third kappa shape index (κ3) is 4.42. The minimum absolute atomic E-state index is 0.0376. The van der Waals surface area contributed by atoms with Gasteiger partial charge in [-0.25, -0.2) is 4.98 Å². The van der Waals surface area contributed by atoms with Crippen LogP contribution in [0.25, 0.3) is 10.2 Å². The Kier molecular flexibility index (Phi) is 5.85. The number of hydrogen-bond donors (Lipinski definition) is 1. The summed E-state index contributed by atoms with van der Waals surface area (Å²) in [6.45, 7) is 5.72. The Labute approximate surface area is 188 Å². The number of piperazine rings is 1. The van der Waals surface area contributed by atoms with Crippen LogP contribution in [0.4, 0.5) is 0 Å². The van der Waals surface area contributed by atoms with Crippen LogP contribution >= 0.6 is 23.1 Å². The molecule has 164 valence electrons. The molecule has 1 N–H and O–H groups in total. The predicted octanol–water partition coefficient (Wildman–Crippen LogP) is 2.35. The first-order valence-electron chi connectivity index (χ1n) is 10.6. The number of carbonyl (C=O) groups excluding carboxylic acids is 1. The van der Waals surface area contributed by atoms with Crippen molar-refractivity contribution in [1.29, 1.82) is 0 Å². The van der Waals surface area contributed by atoms with E-state index in [0.29, 0.717) is 30.4 Å². The predicted molar refractivity (Wildman–Crippen MR) is 122 cm³/mol. The molecule has 1 aliphatic carbocycles. The molecule has 0 spiro atoms. The van der Waals surface area contributed by atoms with E-state index in [4.69, 9.17) is 4.52 Å². The number of nitrogens with zero attached hydrogens (tertiary/aromatic N) is 4. The van der Waals surface area contributed by atoms with Gasteiger partial charge in [-0.1, -0.05) is 5.16 Å². The number of carbonyl (C=O) groups is 1. The van der Waals surface area contributed by atoms with Crippen LogP contribution < -0.4 is 5.56 Å². The lowest BCUT2D eigenvalue weighted by Crippen LogP contribution is -2.48. The molecule has 3 aromatic rings. The van der Waals surface area contributed by atoms with E-state index < -0.39 is 0 Å². The number of aromatic amines is 1. The number of rotatable bonds is 6. The van der Waals surface area contributed by atoms with Crippen molar-refractivity contribution < 1.29 is 9.32 Å². The second-order valence-electron chi connectivity index (χ2n) is 8.13. The molecule has 5 rings (SSSR count). The van der Waals surface area contributed by atoms with Gasteiger partial charge in [-0.2, -0.15) is 0 Å². The van der Waals surface area contributed by atoms with E-state index in [9.17, 15) is 9.59 Å². The molecule has 0 atom stereocenters. The Hall–Kier alpha value is -2.17. The molecule has 3 aromatic heterocycles. The van der Waals surface area contributed by atoms with E-state index >= 15 is 0 Å². The lowest BCUT2D eigenvalue weighted by Gasteiger charge is -2.34. The molecule has 1 aliphatic heterocycles. The van der Waals surface area contributed by atoms with Gasteiger partial charge in [0, 0.05) is 37.1 Å². The molecule has 0 saturated carbocycles. The lowest BCUT2D eigenvalue weighted by atomic mass is 10.2. The maximum atomic E-state index is 12.6. The van der Waals surface area contributed by atoms with Crippen LogP contribution in [0.3, 0.4) is 0 Å². The molecular formula is C21H25N5O3S2. The highest BCUT2D eigenvalue weighted by atomic mass is 32.2. The first kappa shape index (κ1) is 20.7. The molecule has 10 heteroatoms. The first-order chi connectivity index (χ1) is 15.1. The molecule has 2 aliphatic rings. The standard InChI is InChI=1S/C21H25N5O3S2/c1-13-9-14(29-24-13)10-25-5-7-26(8-6-25)18(27)12-30-11-17-22-20(28)19-15-3-2-4-16(15)31-21(19)23-17/h9H,2-8,10-12H2,1H3,(H,22,23,28). The van der Waals surface area contributed by atoms with Crippen molar-refractivity contribution in [3.63, 3.8) is 0 Å². The van der Waals surface area contributed by atoms with Crippen molar-refractivity contribution in [3.05, 3.63) is 44.1 Å². The van der Waals surface area contributed by atoms with Gasteiger partial charge < -0.3 is 14.4 Å². The van der Waals surface area contributed by atoms with Gasteiger partial charge in [0.15, 0.2) is 5.76 Å². The maximum absolute atomic E-state index is 12.6. The third-order valence-electron chi connectivity index (χ3n) is 5.87. The molecule has 0 radical (unpaired) electrons. The minimum Gasteiger partial charge on any atom is -0.360 e. The average Bonchev–Trinajstić information content (AvgIpc) is 3.44. The van der Waals surface area contributed by atoms with Crippen LogP contribution in [0.1, 0.15) is 34.1 Å². The Morgan fingerprint density at radius 2 is 2.13 bits per heavy atom. The molecule has 1 fully saturated rings. The smallest absolute Gasteiger partial charge is 0.259 e. The van der Waals surface area contributed by atoms with Gasteiger partial charge in [0.2, 0.25) is 5.91 Å². The van der Waals surface area contributed by atoms with Crippen LogP contribution in [0.15, 0.2) is 15.4 Å². The highest BCUT2D eigenvalue weighted by Crippen LogP contribution is 2.34. The number of aryl methyl sites for hydroxylation is 3. The van der Waals surface area contributed by atoms with E-state index in [1.807, 2.05) is 17.9 Å². The summed E-state index contributed by atoms with van der Waals surface area (Å²) in [5, 5.41) is 4.70. The van der Waals surface area contributed by atoms with Crippen molar-refractivity contribution in [1.82, 2.24) is 24.9 Å². The lowest BCUT2D eigenvalue weighted by molar-refractivity contribution is -0.130. The van der Waals surface area contributed by atoms with E-state index in [2.05, 4.69) is 20.0 Å². The zero-order valence-electron chi connectivity index (χ0n) is 17.5. The van der Waals surface area contributed by atoms with Crippen LogP contribution in [-0.2, 0) is 29.9 Å². The largest absolute Gasteiger partial charge is 0.360 e. The zero-order valence-corrected chi connectivity index (χ0v) is 19.1. The summed E-state index contributed by atoms with van der Waals surface area (Å²) in [5.74, 6) is 2.58. The fraction of sp³-hybridized carbons (Fsp3) is 0.524.